The third-order valence-corrected chi connectivity index (χ3v) is 4.23. The van der Waals surface area contributed by atoms with Crippen molar-refractivity contribution in [2.24, 2.45) is 5.73 Å². The fraction of sp³-hybridized carbons (Fsp3) is 0.350. The van der Waals surface area contributed by atoms with Crippen molar-refractivity contribution >= 4 is 23.2 Å². The standard InChI is InChI=1S/C20H24N4O4/c1-13-10-24(11-14(2)28-13)16-6-7-22-18(9-16)20(26)23-15-4-3-5-17(8-15)27-12-19(21)25/h3-9,13-14H,10-12H2,1-2H3,(H2,21,25)(H,23,26). The van der Waals surface area contributed by atoms with E-state index in [4.69, 9.17) is 15.2 Å². The number of carbonyl (C=O) groups excluding carboxylic acids is 2. The summed E-state index contributed by atoms with van der Waals surface area (Å²) in [5.74, 6) is -0.458. The number of rotatable bonds is 6. The number of morpholine rings is 1. The number of benzene rings is 1. The maximum atomic E-state index is 12.6. The molecule has 1 aromatic heterocycles. The van der Waals surface area contributed by atoms with Crippen molar-refractivity contribution in [1.82, 2.24) is 4.98 Å². The van der Waals surface area contributed by atoms with Gasteiger partial charge in [0.05, 0.1) is 12.2 Å². The Balaban J connectivity index is 1.69. The molecule has 8 nitrogen and oxygen atoms in total. The summed E-state index contributed by atoms with van der Waals surface area (Å²) < 4.78 is 11.0. The van der Waals surface area contributed by atoms with Crippen LogP contribution in [-0.4, -0.2) is 48.7 Å². The van der Waals surface area contributed by atoms with E-state index in [0.29, 0.717) is 17.1 Å². The van der Waals surface area contributed by atoms with Crippen molar-refractivity contribution in [3.63, 3.8) is 0 Å². The molecule has 0 radical (unpaired) electrons. The number of primary amides is 1. The summed E-state index contributed by atoms with van der Waals surface area (Å²) in [6.45, 7) is 5.36. The Morgan fingerprint density at radius 2 is 2.00 bits per heavy atom. The molecule has 3 N–H and O–H groups in total. The van der Waals surface area contributed by atoms with Crippen LogP contribution in [0.3, 0.4) is 0 Å². The number of nitrogens with two attached hydrogens (primary N) is 1. The number of anilines is 2. The van der Waals surface area contributed by atoms with Crippen LogP contribution < -0.4 is 20.7 Å². The minimum absolute atomic E-state index is 0.123. The number of carbonyl (C=O) groups is 2. The molecule has 1 aromatic carbocycles. The van der Waals surface area contributed by atoms with Gasteiger partial charge in [-0.3, -0.25) is 14.6 Å². The largest absolute Gasteiger partial charge is 0.484 e. The molecule has 3 rings (SSSR count). The molecule has 0 aliphatic carbocycles. The van der Waals surface area contributed by atoms with E-state index in [-0.39, 0.29) is 24.7 Å². The minimum atomic E-state index is -0.567. The van der Waals surface area contributed by atoms with Gasteiger partial charge in [-0.25, -0.2) is 0 Å². The lowest BCUT2D eigenvalue weighted by Crippen LogP contribution is -2.45. The first-order chi connectivity index (χ1) is 13.4. The van der Waals surface area contributed by atoms with Crippen molar-refractivity contribution in [2.45, 2.75) is 26.1 Å². The Morgan fingerprint density at radius 3 is 2.71 bits per heavy atom. The zero-order valence-electron chi connectivity index (χ0n) is 15.9. The van der Waals surface area contributed by atoms with Gasteiger partial charge in [-0.2, -0.15) is 0 Å². The van der Waals surface area contributed by atoms with Crippen molar-refractivity contribution in [3.05, 3.63) is 48.3 Å². The van der Waals surface area contributed by atoms with Gasteiger partial charge in [0.25, 0.3) is 11.8 Å². The summed E-state index contributed by atoms with van der Waals surface area (Å²) >= 11 is 0. The minimum Gasteiger partial charge on any atom is -0.484 e. The summed E-state index contributed by atoms with van der Waals surface area (Å²) in [5.41, 5.74) is 6.85. The Hall–Kier alpha value is -3.13. The number of aromatic nitrogens is 1. The second-order valence-corrected chi connectivity index (χ2v) is 6.80. The molecule has 2 amide bonds. The van der Waals surface area contributed by atoms with Gasteiger partial charge in [0.1, 0.15) is 11.4 Å². The second kappa shape index (κ2) is 8.71. The monoisotopic (exact) mass is 384 g/mol. The van der Waals surface area contributed by atoms with E-state index in [9.17, 15) is 9.59 Å². The summed E-state index contributed by atoms with van der Waals surface area (Å²) in [7, 11) is 0. The molecule has 1 aliphatic heterocycles. The Morgan fingerprint density at radius 1 is 1.25 bits per heavy atom. The highest BCUT2D eigenvalue weighted by Crippen LogP contribution is 2.22. The van der Waals surface area contributed by atoms with Crippen LogP contribution in [0.15, 0.2) is 42.6 Å². The molecule has 8 heteroatoms. The molecule has 28 heavy (non-hydrogen) atoms. The van der Waals surface area contributed by atoms with E-state index in [1.807, 2.05) is 19.9 Å². The summed E-state index contributed by atoms with van der Waals surface area (Å²) in [5, 5.41) is 2.79. The first-order valence-electron chi connectivity index (χ1n) is 9.09. The normalized spacial score (nSPS) is 19.1. The quantitative estimate of drug-likeness (QED) is 0.787. The van der Waals surface area contributed by atoms with Crippen molar-refractivity contribution < 1.29 is 19.1 Å². The van der Waals surface area contributed by atoms with Crippen LogP contribution in [0.2, 0.25) is 0 Å². The highest BCUT2D eigenvalue weighted by molar-refractivity contribution is 6.03. The molecule has 0 saturated carbocycles. The number of amides is 2. The van der Waals surface area contributed by atoms with E-state index in [2.05, 4.69) is 15.2 Å². The fourth-order valence-electron chi connectivity index (χ4n) is 3.14. The van der Waals surface area contributed by atoms with Crippen molar-refractivity contribution in [2.75, 3.05) is 29.9 Å². The topological polar surface area (TPSA) is 107 Å². The lowest BCUT2D eigenvalue weighted by atomic mass is 10.2. The molecular weight excluding hydrogens is 360 g/mol. The molecule has 0 spiro atoms. The molecule has 148 valence electrons. The molecule has 2 aromatic rings. The Labute approximate surface area is 163 Å². The zero-order chi connectivity index (χ0) is 20.1. The van der Waals surface area contributed by atoms with Crippen LogP contribution in [0.25, 0.3) is 0 Å². The summed E-state index contributed by atoms with van der Waals surface area (Å²) in [6.07, 6.45) is 1.87. The van der Waals surface area contributed by atoms with Crippen molar-refractivity contribution in [3.8, 4) is 5.75 Å². The highest BCUT2D eigenvalue weighted by atomic mass is 16.5. The Kier molecular flexibility index (Phi) is 6.10. The molecule has 1 saturated heterocycles. The average molecular weight is 384 g/mol. The van der Waals surface area contributed by atoms with Crippen LogP contribution in [0.5, 0.6) is 5.75 Å². The van der Waals surface area contributed by atoms with E-state index < -0.39 is 5.91 Å². The van der Waals surface area contributed by atoms with Gasteiger partial charge in [-0.15, -0.1) is 0 Å². The van der Waals surface area contributed by atoms with Crippen LogP contribution in [0.1, 0.15) is 24.3 Å². The zero-order valence-corrected chi connectivity index (χ0v) is 15.9. The van der Waals surface area contributed by atoms with E-state index in [1.54, 1.807) is 36.5 Å². The van der Waals surface area contributed by atoms with Crippen LogP contribution in [-0.2, 0) is 9.53 Å². The predicted octanol–water partition coefficient (Wildman–Crippen LogP) is 1.81. The van der Waals surface area contributed by atoms with E-state index >= 15 is 0 Å². The van der Waals surface area contributed by atoms with Crippen LogP contribution >= 0.6 is 0 Å². The van der Waals surface area contributed by atoms with Gasteiger partial charge in [-0.05, 0) is 38.1 Å². The first-order valence-corrected chi connectivity index (χ1v) is 9.09. The Bertz CT molecular complexity index is 848. The summed E-state index contributed by atoms with van der Waals surface area (Å²) in [4.78, 5) is 29.8. The number of pyridine rings is 1. The number of hydrogen-bond donors (Lipinski definition) is 2. The van der Waals surface area contributed by atoms with E-state index in [0.717, 1.165) is 18.8 Å². The molecular formula is C20H24N4O4. The number of hydrogen-bond acceptors (Lipinski definition) is 6. The highest BCUT2D eigenvalue weighted by Gasteiger charge is 2.23. The van der Waals surface area contributed by atoms with E-state index in [1.165, 1.54) is 0 Å². The maximum absolute atomic E-state index is 12.6. The van der Waals surface area contributed by atoms with Gasteiger partial charge < -0.3 is 25.4 Å². The van der Waals surface area contributed by atoms with Gasteiger partial charge in [0.15, 0.2) is 6.61 Å². The van der Waals surface area contributed by atoms with Gasteiger partial charge >= 0.3 is 0 Å². The third kappa shape index (κ3) is 5.20. The molecule has 2 unspecified atom stereocenters. The lowest BCUT2D eigenvalue weighted by Gasteiger charge is -2.36. The van der Waals surface area contributed by atoms with Crippen LogP contribution in [0.4, 0.5) is 11.4 Å². The van der Waals surface area contributed by atoms with Gasteiger partial charge in [-0.1, -0.05) is 6.07 Å². The van der Waals surface area contributed by atoms with Gasteiger partial charge in [0.2, 0.25) is 0 Å². The van der Waals surface area contributed by atoms with Crippen molar-refractivity contribution in [1.29, 1.82) is 0 Å². The number of ether oxygens (including phenoxy) is 2. The molecule has 2 heterocycles. The molecule has 1 aliphatic rings. The van der Waals surface area contributed by atoms with Crippen LogP contribution in [0, 0.1) is 0 Å². The van der Waals surface area contributed by atoms with Gasteiger partial charge in [0, 0.05) is 36.7 Å². The molecule has 1 fully saturated rings. The smallest absolute Gasteiger partial charge is 0.274 e. The molecule has 0 bridgehead atoms. The number of nitrogens with one attached hydrogen (secondary N) is 1. The average Bonchev–Trinajstić information content (AvgIpc) is 2.66. The summed E-state index contributed by atoms with van der Waals surface area (Å²) in [6, 6.07) is 10.4. The molecule has 2 atom stereocenters. The predicted molar refractivity (Wildman–Crippen MR) is 106 cm³/mol. The SMILES string of the molecule is CC1CN(c2ccnc(C(=O)Nc3cccc(OCC(N)=O)c3)c2)CC(C)O1. The maximum Gasteiger partial charge on any atom is 0.274 e. The lowest BCUT2D eigenvalue weighted by molar-refractivity contribution is -0.119. The second-order valence-electron chi connectivity index (χ2n) is 6.80. The third-order valence-electron chi connectivity index (χ3n) is 4.23. The fourth-order valence-corrected chi connectivity index (χ4v) is 3.14. The number of nitrogens with zero attached hydrogens (tertiary/aromatic N) is 2. The first kappa shape index (κ1) is 19.6.